The summed E-state index contributed by atoms with van der Waals surface area (Å²) in [6.45, 7) is 3.76. The average Bonchev–Trinajstić information content (AvgIpc) is 1.97. The molecule has 0 spiro atoms. The summed E-state index contributed by atoms with van der Waals surface area (Å²) in [4.78, 5) is 9.91. The first-order valence-electron chi connectivity index (χ1n) is 3.93. The quantitative estimate of drug-likeness (QED) is 0.271. The second-order valence-electron chi connectivity index (χ2n) is 2.46. The van der Waals surface area contributed by atoms with Gasteiger partial charge in [0, 0.05) is 11.8 Å². The molecule has 4 heteroatoms. The molecule has 0 aromatic heterocycles. The van der Waals surface area contributed by atoms with E-state index in [1.807, 2.05) is 0 Å². The van der Waals surface area contributed by atoms with E-state index in [1.165, 1.54) is 24.6 Å². The topological polar surface area (TPSA) is 43.1 Å². The van der Waals surface area contributed by atoms with Crippen molar-refractivity contribution in [3.63, 3.8) is 0 Å². The smallest absolute Gasteiger partial charge is 0.255 e. The van der Waals surface area contributed by atoms with E-state index in [9.17, 15) is 10.1 Å². The van der Waals surface area contributed by atoms with Crippen molar-refractivity contribution in [1.82, 2.24) is 0 Å². The van der Waals surface area contributed by atoms with Gasteiger partial charge in [-0.15, -0.1) is 0 Å². The molecule has 0 aliphatic rings. The average molecular weight is 177 g/mol. The van der Waals surface area contributed by atoms with Crippen LogP contribution in [0.25, 0.3) is 0 Å². The highest BCUT2D eigenvalue weighted by atomic mass is 32.2. The Kier molecular flexibility index (Phi) is 6.31. The normalized spacial score (nSPS) is 12.9. The SMILES string of the molecule is CCCCCSC(C)[N+](=O)[O-]. The van der Waals surface area contributed by atoms with E-state index in [1.54, 1.807) is 6.92 Å². The van der Waals surface area contributed by atoms with E-state index in [2.05, 4.69) is 6.92 Å². The summed E-state index contributed by atoms with van der Waals surface area (Å²) in [6.07, 6.45) is 3.45. The zero-order chi connectivity index (χ0) is 8.69. The van der Waals surface area contributed by atoms with Gasteiger partial charge in [-0.05, 0) is 12.2 Å². The highest BCUT2D eigenvalue weighted by Gasteiger charge is 2.11. The first-order valence-corrected chi connectivity index (χ1v) is 4.98. The molecular weight excluding hydrogens is 162 g/mol. The summed E-state index contributed by atoms with van der Waals surface area (Å²) in [7, 11) is 0. The lowest BCUT2D eigenvalue weighted by atomic mass is 10.3. The lowest BCUT2D eigenvalue weighted by Gasteiger charge is -2.01. The number of thioether (sulfide) groups is 1. The minimum absolute atomic E-state index is 0.239. The molecule has 0 aliphatic carbocycles. The van der Waals surface area contributed by atoms with Gasteiger partial charge in [0.05, 0.1) is 0 Å². The third kappa shape index (κ3) is 6.16. The van der Waals surface area contributed by atoms with Crippen molar-refractivity contribution in [1.29, 1.82) is 0 Å². The largest absolute Gasteiger partial charge is 0.263 e. The van der Waals surface area contributed by atoms with E-state index in [0.717, 1.165) is 12.2 Å². The second kappa shape index (κ2) is 6.46. The van der Waals surface area contributed by atoms with Gasteiger partial charge >= 0.3 is 0 Å². The van der Waals surface area contributed by atoms with Crippen molar-refractivity contribution >= 4 is 11.8 Å². The number of nitro groups is 1. The summed E-state index contributed by atoms with van der Waals surface area (Å²) in [5, 5.41) is 9.71. The minimum Gasteiger partial charge on any atom is -0.263 e. The summed E-state index contributed by atoms with van der Waals surface area (Å²) in [6, 6.07) is 0. The van der Waals surface area contributed by atoms with Crippen molar-refractivity contribution < 1.29 is 4.92 Å². The van der Waals surface area contributed by atoms with Crippen LogP contribution in [0.3, 0.4) is 0 Å². The van der Waals surface area contributed by atoms with Crippen LogP contribution in [0.2, 0.25) is 0 Å². The molecule has 0 rings (SSSR count). The first-order chi connectivity index (χ1) is 5.18. The first kappa shape index (κ1) is 10.8. The molecule has 0 amide bonds. The number of hydrogen-bond donors (Lipinski definition) is 0. The van der Waals surface area contributed by atoms with E-state index >= 15 is 0 Å². The van der Waals surface area contributed by atoms with Crippen molar-refractivity contribution in [2.45, 2.75) is 38.5 Å². The molecule has 0 fully saturated rings. The van der Waals surface area contributed by atoms with Crippen molar-refractivity contribution in [2.24, 2.45) is 0 Å². The zero-order valence-electron chi connectivity index (χ0n) is 7.08. The molecule has 0 N–H and O–H groups in total. The summed E-state index contributed by atoms with van der Waals surface area (Å²) < 4.78 is 0. The molecule has 0 radical (unpaired) electrons. The van der Waals surface area contributed by atoms with Crippen LogP contribution in [0.4, 0.5) is 0 Å². The molecule has 0 aliphatic heterocycles. The monoisotopic (exact) mass is 177 g/mol. The Hall–Kier alpha value is -0.250. The van der Waals surface area contributed by atoms with Crippen LogP contribution >= 0.6 is 11.8 Å². The number of nitrogens with zero attached hydrogens (tertiary/aromatic N) is 1. The minimum atomic E-state index is -0.438. The Bertz CT molecular complexity index is 119. The van der Waals surface area contributed by atoms with Crippen LogP contribution in [-0.4, -0.2) is 16.1 Å². The van der Waals surface area contributed by atoms with Crippen LogP contribution in [0.1, 0.15) is 33.1 Å². The van der Waals surface area contributed by atoms with E-state index in [-0.39, 0.29) is 4.92 Å². The lowest BCUT2D eigenvalue weighted by Crippen LogP contribution is -2.10. The van der Waals surface area contributed by atoms with Gasteiger partial charge in [-0.2, -0.15) is 0 Å². The maximum atomic E-state index is 10.1. The molecule has 11 heavy (non-hydrogen) atoms. The highest BCUT2D eigenvalue weighted by molar-refractivity contribution is 7.99. The molecule has 0 aromatic carbocycles. The van der Waals surface area contributed by atoms with Crippen LogP contribution < -0.4 is 0 Å². The Morgan fingerprint density at radius 2 is 2.18 bits per heavy atom. The molecule has 0 saturated carbocycles. The molecule has 1 atom stereocenters. The van der Waals surface area contributed by atoms with E-state index in [0.29, 0.717) is 0 Å². The molecule has 0 aromatic rings. The maximum Gasteiger partial charge on any atom is 0.255 e. The standard InChI is InChI=1S/C7H15NO2S/c1-3-4-5-6-11-7(2)8(9)10/h7H,3-6H2,1-2H3. The lowest BCUT2D eigenvalue weighted by molar-refractivity contribution is -0.490. The molecule has 66 valence electrons. The Balaban J connectivity index is 3.17. The van der Waals surface area contributed by atoms with Crippen LogP contribution in [0.15, 0.2) is 0 Å². The van der Waals surface area contributed by atoms with Gasteiger partial charge < -0.3 is 0 Å². The highest BCUT2D eigenvalue weighted by Crippen LogP contribution is 2.13. The molecule has 0 bridgehead atoms. The fourth-order valence-electron chi connectivity index (χ4n) is 0.667. The van der Waals surface area contributed by atoms with Gasteiger partial charge in [-0.1, -0.05) is 31.5 Å². The fraction of sp³-hybridized carbons (Fsp3) is 1.00. The third-order valence-electron chi connectivity index (χ3n) is 1.40. The predicted octanol–water partition coefficient (Wildman–Crippen LogP) is 2.53. The number of unbranched alkanes of at least 4 members (excludes halogenated alkanes) is 2. The van der Waals surface area contributed by atoms with Crippen molar-refractivity contribution in [3.05, 3.63) is 10.1 Å². The molecular formula is C7H15NO2S. The Morgan fingerprint density at radius 3 is 2.64 bits per heavy atom. The summed E-state index contributed by atoms with van der Waals surface area (Å²) in [5.74, 6) is 0.913. The fourth-order valence-corrected chi connectivity index (χ4v) is 1.50. The van der Waals surface area contributed by atoms with Crippen LogP contribution in [0, 0.1) is 10.1 Å². The molecule has 1 unspecified atom stereocenters. The van der Waals surface area contributed by atoms with Gasteiger partial charge in [-0.25, -0.2) is 0 Å². The van der Waals surface area contributed by atoms with Crippen molar-refractivity contribution in [2.75, 3.05) is 5.75 Å². The molecule has 0 saturated heterocycles. The Labute approximate surface area is 71.7 Å². The van der Waals surface area contributed by atoms with Crippen LogP contribution in [0.5, 0.6) is 0 Å². The van der Waals surface area contributed by atoms with Gasteiger partial charge in [0.1, 0.15) is 0 Å². The van der Waals surface area contributed by atoms with Crippen LogP contribution in [-0.2, 0) is 0 Å². The van der Waals surface area contributed by atoms with Gasteiger partial charge in [0.25, 0.3) is 5.37 Å². The maximum absolute atomic E-state index is 10.1. The number of rotatable bonds is 6. The van der Waals surface area contributed by atoms with Gasteiger partial charge in [-0.3, -0.25) is 10.1 Å². The molecule has 3 nitrogen and oxygen atoms in total. The Morgan fingerprint density at radius 1 is 1.55 bits per heavy atom. The summed E-state index contributed by atoms with van der Waals surface area (Å²) in [5.41, 5.74) is 0. The zero-order valence-corrected chi connectivity index (χ0v) is 7.89. The van der Waals surface area contributed by atoms with Gasteiger partial charge in [0.15, 0.2) is 0 Å². The van der Waals surface area contributed by atoms with Crippen molar-refractivity contribution in [3.8, 4) is 0 Å². The second-order valence-corrected chi connectivity index (χ2v) is 3.89. The predicted molar refractivity (Wildman–Crippen MR) is 48.4 cm³/mol. The van der Waals surface area contributed by atoms with E-state index < -0.39 is 5.37 Å². The van der Waals surface area contributed by atoms with E-state index in [4.69, 9.17) is 0 Å². The number of hydrogen-bond acceptors (Lipinski definition) is 3. The summed E-state index contributed by atoms with van der Waals surface area (Å²) >= 11 is 1.43. The third-order valence-corrected chi connectivity index (χ3v) is 2.58. The molecule has 0 heterocycles. The van der Waals surface area contributed by atoms with Gasteiger partial charge in [0.2, 0.25) is 0 Å².